The molecule has 1 heteroatoms. The molecule has 2 aromatic carbocycles. The van der Waals surface area contributed by atoms with Crippen LogP contribution in [0.5, 0.6) is 0 Å². The molecule has 1 saturated heterocycles. The average molecular weight is 279 g/mol. The van der Waals surface area contributed by atoms with Crippen LogP contribution in [0.25, 0.3) is 11.1 Å². The van der Waals surface area contributed by atoms with Gasteiger partial charge in [-0.1, -0.05) is 80.3 Å². The molecule has 1 atom stereocenters. The maximum Gasteiger partial charge on any atom is 0.0320 e. The maximum absolute atomic E-state index is 3.74. The first-order valence-electron chi connectivity index (χ1n) is 8.32. The van der Waals surface area contributed by atoms with Gasteiger partial charge in [-0.25, -0.2) is 0 Å². The van der Waals surface area contributed by atoms with Crippen molar-refractivity contribution >= 4 is 0 Å². The van der Waals surface area contributed by atoms with E-state index < -0.39 is 0 Å². The highest BCUT2D eigenvalue weighted by molar-refractivity contribution is 5.63. The second-order valence-electron chi connectivity index (χ2n) is 6.05. The molecule has 1 fully saturated rings. The molecule has 0 saturated carbocycles. The minimum atomic E-state index is 0.535. The van der Waals surface area contributed by atoms with Gasteiger partial charge >= 0.3 is 0 Å². The van der Waals surface area contributed by atoms with E-state index in [9.17, 15) is 0 Å². The van der Waals surface area contributed by atoms with Gasteiger partial charge in [0.25, 0.3) is 0 Å². The highest BCUT2D eigenvalue weighted by Crippen LogP contribution is 2.25. The second-order valence-corrected chi connectivity index (χ2v) is 6.05. The zero-order valence-corrected chi connectivity index (χ0v) is 12.7. The minimum Gasteiger partial charge on any atom is -0.310 e. The summed E-state index contributed by atoms with van der Waals surface area (Å²) in [6.07, 6.45) is 8.11. The molecule has 1 unspecified atom stereocenters. The van der Waals surface area contributed by atoms with Crippen molar-refractivity contribution in [3.63, 3.8) is 0 Å². The zero-order chi connectivity index (χ0) is 14.3. The first-order chi connectivity index (χ1) is 10.4. The summed E-state index contributed by atoms with van der Waals surface area (Å²) in [5.74, 6) is 0. The van der Waals surface area contributed by atoms with E-state index in [0.29, 0.717) is 6.04 Å². The fourth-order valence-corrected chi connectivity index (χ4v) is 3.21. The Bertz CT molecular complexity index is 520. The van der Waals surface area contributed by atoms with Crippen LogP contribution in [0.3, 0.4) is 0 Å². The van der Waals surface area contributed by atoms with E-state index in [0.717, 1.165) is 6.54 Å². The molecule has 110 valence electrons. The Morgan fingerprint density at radius 2 is 1.33 bits per heavy atom. The van der Waals surface area contributed by atoms with Gasteiger partial charge in [0.1, 0.15) is 0 Å². The number of rotatable bonds is 2. The molecule has 0 bridgehead atoms. The van der Waals surface area contributed by atoms with Crippen molar-refractivity contribution in [3.8, 4) is 11.1 Å². The van der Waals surface area contributed by atoms with Crippen LogP contribution in [0.4, 0.5) is 0 Å². The molecule has 1 aliphatic rings. The molecule has 0 aliphatic carbocycles. The largest absolute Gasteiger partial charge is 0.310 e. The van der Waals surface area contributed by atoms with Crippen molar-refractivity contribution in [2.45, 2.75) is 44.6 Å². The fourth-order valence-electron chi connectivity index (χ4n) is 3.21. The standard InChI is InChI=1S/C20H25N/c1-2-7-11-20(21-16-8-3-1)19-14-12-18(13-15-19)17-9-5-4-6-10-17/h4-6,9-10,12-15,20-21H,1-3,7-8,11,16H2. The molecule has 1 nitrogen and oxygen atoms in total. The normalized spacial score (nSPS) is 20.3. The summed E-state index contributed by atoms with van der Waals surface area (Å²) < 4.78 is 0. The summed E-state index contributed by atoms with van der Waals surface area (Å²) in [6.45, 7) is 1.16. The SMILES string of the molecule is c1ccc(-c2ccc(C3CCCCCCCN3)cc2)cc1. The van der Waals surface area contributed by atoms with Crippen molar-refractivity contribution in [2.24, 2.45) is 0 Å². The molecule has 0 radical (unpaired) electrons. The summed E-state index contributed by atoms with van der Waals surface area (Å²) in [5.41, 5.74) is 4.05. The molecule has 1 heterocycles. The van der Waals surface area contributed by atoms with Crippen molar-refractivity contribution in [2.75, 3.05) is 6.54 Å². The number of hydrogen-bond donors (Lipinski definition) is 1. The first-order valence-corrected chi connectivity index (χ1v) is 8.32. The number of nitrogens with one attached hydrogen (secondary N) is 1. The maximum atomic E-state index is 3.74. The predicted octanol–water partition coefficient (Wildman–Crippen LogP) is 5.34. The summed E-state index contributed by atoms with van der Waals surface area (Å²) in [5, 5.41) is 3.74. The molecule has 0 spiro atoms. The van der Waals surface area contributed by atoms with Crippen LogP contribution < -0.4 is 5.32 Å². The van der Waals surface area contributed by atoms with Crippen molar-refractivity contribution in [3.05, 3.63) is 60.2 Å². The van der Waals surface area contributed by atoms with Gasteiger partial charge in [-0.15, -0.1) is 0 Å². The van der Waals surface area contributed by atoms with E-state index in [1.165, 1.54) is 55.2 Å². The van der Waals surface area contributed by atoms with E-state index in [1.54, 1.807) is 0 Å². The fraction of sp³-hybridized carbons (Fsp3) is 0.400. The molecule has 2 aromatic rings. The molecular weight excluding hydrogens is 254 g/mol. The lowest BCUT2D eigenvalue weighted by Gasteiger charge is -2.18. The predicted molar refractivity (Wildman–Crippen MR) is 90.3 cm³/mol. The van der Waals surface area contributed by atoms with Crippen molar-refractivity contribution in [1.82, 2.24) is 5.32 Å². The summed E-state index contributed by atoms with van der Waals surface area (Å²) >= 11 is 0. The van der Waals surface area contributed by atoms with Crippen LogP contribution in [-0.2, 0) is 0 Å². The topological polar surface area (TPSA) is 12.0 Å². The van der Waals surface area contributed by atoms with Crippen molar-refractivity contribution < 1.29 is 0 Å². The third-order valence-corrected chi connectivity index (χ3v) is 4.48. The van der Waals surface area contributed by atoms with Crippen LogP contribution in [0, 0.1) is 0 Å². The van der Waals surface area contributed by atoms with Gasteiger partial charge in [-0.2, -0.15) is 0 Å². The van der Waals surface area contributed by atoms with Gasteiger partial charge in [-0.05, 0) is 36.1 Å². The van der Waals surface area contributed by atoms with E-state index in [-0.39, 0.29) is 0 Å². The molecule has 1 aliphatic heterocycles. The molecule has 3 rings (SSSR count). The Labute approximate surface area is 128 Å². The van der Waals surface area contributed by atoms with Crippen LogP contribution in [0.1, 0.15) is 50.1 Å². The van der Waals surface area contributed by atoms with Gasteiger partial charge in [0.2, 0.25) is 0 Å². The summed E-state index contributed by atoms with van der Waals surface area (Å²) in [7, 11) is 0. The van der Waals surface area contributed by atoms with Gasteiger partial charge in [0.15, 0.2) is 0 Å². The van der Waals surface area contributed by atoms with Gasteiger partial charge in [0, 0.05) is 6.04 Å². The molecule has 0 aromatic heterocycles. The summed E-state index contributed by atoms with van der Waals surface area (Å²) in [6, 6.07) is 20.3. The van der Waals surface area contributed by atoms with E-state index in [4.69, 9.17) is 0 Å². The van der Waals surface area contributed by atoms with E-state index in [1.807, 2.05) is 0 Å². The monoisotopic (exact) mass is 279 g/mol. The first kappa shape index (κ1) is 14.3. The van der Waals surface area contributed by atoms with Gasteiger partial charge in [-0.3, -0.25) is 0 Å². The van der Waals surface area contributed by atoms with Crippen LogP contribution in [0.2, 0.25) is 0 Å². The third kappa shape index (κ3) is 3.95. The van der Waals surface area contributed by atoms with Gasteiger partial charge < -0.3 is 5.32 Å². The Kier molecular flexibility index (Phi) is 5.07. The highest BCUT2D eigenvalue weighted by Gasteiger charge is 2.12. The van der Waals surface area contributed by atoms with Crippen LogP contribution >= 0.6 is 0 Å². The van der Waals surface area contributed by atoms with Crippen LogP contribution in [-0.4, -0.2) is 6.54 Å². The molecule has 21 heavy (non-hydrogen) atoms. The lowest BCUT2D eigenvalue weighted by atomic mass is 9.97. The number of benzene rings is 2. The quantitative estimate of drug-likeness (QED) is 0.782. The van der Waals surface area contributed by atoms with Gasteiger partial charge in [0.05, 0.1) is 0 Å². The minimum absolute atomic E-state index is 0.535. The second kappa shape index (κ2) is 7.42. The molecular formula is C20H25N. The zero-order valence-electron chi connectivity index (χ0n) is 12.7. The van der Waals surface area contributed by atoms with E-state index in [2.05, 4.69) is 59.9 Å². The Hall–Kier alpha value is -1.60. The van der Waals surface area contributed by atoms with E-state index >= 15 is 0 Å². The molecule has 1 N–H and O–H groups in total. The lowest BCUT2D eigenvalue weighted by molar-refractivity contribution is 0.492. The lowest BCUT2D eigenvalue weighted by Crippen LogP contribution is -2.21. The Balaban J connectivity index is 1.73. The van der Waals surface area contributed by atoms with Crippen molar-refractivity contribution in [1.29, 1.82) is 0 Å². The highest BCUT2D eigenvalue weighted by atomic mass is 14.9. The number of hydrogen-bond acceptors (Lipinski definition) is 1. The summed E-state index contributed by atoms with van der Waals surface area (Å²) in [4.78, 5) is 0. The van der Waals surface area contributed by atoms with Crippen LogP contribution in [0.15, 0.2) is 54.6 Å². The third-order valence-electron chi connectivity index (χ3n) is 4.48. The average Bonchev–Trinajstić information content (AvgIpc) is 2.70. The smallest absolute Gasteiger partial charge is 0.0320 e. The molecule has 0 amide bonds. The Morgan fingerprint density at radius 1 is 0.667 bits per heavy atom. The Morgan fingerprint density at radius 3 is 2.14 bits per heavy atom.